The topological polar surface area (TPSA) is 46.3 Å². The molecule has 5 heteroatoms. The molecule has 1 heterocycles. The van der Waals surface area contributed by atoms with Gasteiger partial charge >= 0.3 is 0 Å². The van der Waals surface area contributed by atoms with Gasteiger partial charge in [-0.25, -0.2) is 0 Å². The van der Waals surface area contributed by atoms with Crippen LogP contribution in [0, 0.1) is 0 Å². The molecule has 1 unspecified atom stereocenters. The molecule has 1 aromatic rings. The Bertz CT molecular complexity index is 453. The lowest BCUT2D eigenvalue weighted by molar-refractivity contribution is 0.0635. The van der Waals surface area contributed by atoms with Crippen LogP contribution < -0.4 is 5.73 Å². The zero-order chi connectivity index (χ0) is 13.3. The van der Waals surface area contributed by atoms with E-state index in [-0.39, 0.29) is 11.9 Å². The number of carbonyl (C=O) groups is 1. The van der Waals surface area contributed by atoms with Gasteiger partial charge in [0.05, 0.1) is 15.7 Å². The third-order valence-corrected chi connectivity index (χ3v) is 4.18. The van der Waals surface area contributed by atoms with E-state index in [9.17, 15) is 4.79 Å². The number of rotatable bonds is 1. The summed E-state index contributed by atoms with van der Waals surface area (Å²) in [5.74, 6) is -0.0209. The number of carbonyl (C=O) groups excluding carboxylic acids is 1. The summed E-state index contributed by atoms with van der Waals surface area (Å²) in [6.45, 7) is 2.86. The van der Waals surface area contributed by atoms with E-state index < -0.39 is 0 Å². The smallest absolute Gasteiger partial charge is 0.254 e. The van der Waals surface area contributed by atoms with Gasteiger partial charge in [0.15, 0.2) is 0 Å². The number of anilines is 1. The molecule has 98 valence electrons. The van der Waals surface area contributed by atoms with Crippen LogP contribution in [0.2, 0.25) is 10.0 Å². The molecule has 2 rings (SSSR count). The SMILES string of the molecule is CC1CCCCN1C(=O)c1cc(N)c(Cl)c(Cl)c1. The Kier molecular flexibility index (Phi) is 4.03. The fourth-order valence-corrected chi connectivity index (χ4v) is 2.64. The maximum absolute atomic E-state index is 12.4. The number of amides is 1. The van der Waals surface area contributed by atoms with Crippen LogP contribution >= 0.6 is 23.2 Å². The van der Waals surface area contributed by atoms with Crippen LogP contribution in [0.5, 0.6) is 0 Å². The highest BCUT2D eigenvalue weighted by Crippen LogP contribution is 2.30. The number of piperidine rings is 1. The Morgan fingerprint density at radius 1 is 1.39 bits per heavy atom. The van der Waals surface area contributed by atoms with Gasteiger partial charge < -0.3 is 10.6 Å². The average Bonchev–Trinajstić information content (AvgIpc) is 2.35. The fourth-order valence-electron chi connectivity index (χ4n) is 2.30. The van der Waals surface area contributed by atoms with E-state index in [0.29, 0.717) is 21.3 Å². The molecule has 0 spiro atoms. The summed E-state index contributed by atoms with van der Waals surface area (Å²) in [5, 5.41) is 0.629. The van der Waals surface area contributed by atoms with Gasteiger partial charge in [-0.15, -0.1) is 0 Å². The second-order valence-electron chi connectivity index (χ2n) is 4.70. The van der Waals surface area contributed by atoms with Gasteiger partial charge in [-0.1, -0.05) is 23.2 Å². The number of nitrogens with two attached hydrogens (primary N) is 1. The van der Waals surface area contributed by atoms with E-state index in [1.807, 2.05) is 4.90 Å². The van der Waals surface area contributed by atoms with E-state index in [1.165, 1.54) is 6.42 Å². The van der Waals surface area contributed by atoms with Crippen LogP contribution in [-0.2, 0) is 0 Å². The largest absolute Gasteiger partial charge is 0.397 e. The molecular formula is C13H16Cl2N2O. The Morgan fingerprint density at radius 2 is 2.11 bits per heavy atom. The van der Waals surface area contributed by atoms with Crippen LogP contribution in [0.25, 0.3) is 0 Å². The van der Waals surface area contributed by atoms with Crippen molar-refractivity contribution in [3.8, 4) is 0 Å². The van der Waals surface area contributed by atoms with Gasteiger partial charge in [-0.2, -0.15) is 0 Å². The summed E-state index contributed by atoms with van der Waals surface area (Å²) in [7, 11) is 0. The highest BCUT2D eigenvalue weighted by atomic mass is 35.5. The van der Waals surface area contributed by atoms with Crippen LogP contribution in [0.4, 0.5) is 5.69 Å². The molecule has 0 aromatic heterocycles. The molecule has 1 amide bonds. The van der Waals surface area contributed by atoms with E-state index in [1.54, 1.807) is 12.1 Å². The van der Waals surface area contributed by atoms with Crippen molar-refractivity contribution in [2.45, 2.75) is 32.2 Å². The summed E-state index contributed by atoms with van der Waals surface area (Å²) in [6, 6.07) is 3.45. The Morgan fingerprint density at radius 3 is 2.72 bits per heavy atom. The molecule has 3 nitrogen and oxygen atoms in total. The minimum atomic E-state index is -0.0209. The van der Waals surface area contributed by atoms with Gasteiger partial charge in [-0.3, -0.25) is 4.79 Å². The monoisotopic (exact) mass is 286 g/mol. The third-order valence-electron chi connectivity index (χ3n) is 3.37. The second kappa shape index (κ2) is 5.37. The molecule has 0 saturated carbocycles. The van der Waals surface area contributed by atoms with Gasteiger partial charge in [0, 0.05) is 18.2 Å². The predicted octanol–water partition coefficient (Wildman–Crippen LogP) is 3.59. The van der Waals surface area contributed by atoms with Gasteiger partial charge in [0.25, 0.3) is 5.91 Å². The van der Waals surface area contributed by atoms with Crippen molar-refractivity contribution in [2.24, 2.45) is 0 Å². The molecule has 18 heavy (non-hydrogen) atoms. The van der Waals surface area contributed by atoms with Gasteiger partial charge in [0.1, 0.15) is 0 Å². The van der Waals surface area contributed by atoms with E-state index in [0.717, 1.165) is 19.4 Å². The summed E-state index contributed by atoms with van der Waals surface area (Å²) in [4.78, 5) is 14.3. The molecule has 0 aliphatic carbocycles. The molecule has 1 aliphatic heterocycles. The number of halogens is 2. The normalized spacial score (nSPS) is 19.9. The number of hydrogen-bond acceptors (Lipinski definition) is 2. The summed E-state index contributed by atoms with van der Waals surface area (Å²) in [5.41, 5.74) is 6.59. The molecule has 1 atom stereocenters. The predicted molar refractivity (Wildman–Crippen MR) is 75.2 cm³/mol. The van der Waals surface area contributed by atoms with E-state index in [2.05, 4.69) is 6.92 Å². The zero-order valence-corrected chi connectivity index (χ0v) is 11.8. The van der Waals surface area contributed by atoms with Gasteiger partial charge in [-0.05, 0) is 38.3 Å². The van der Waals surface area contributed by atoms with Crippen LogP contribution in [0.15, 0.2) is 12.1 Å². The van der Waals surface area contributed by atoms with Crippen LogP contribution in [0.3, 0.4) is 0 Å². The molecule has 1 fully saturated rings. The first-order valence-electron chi connectivity index (χ1n) is 6.06. The standard InChI is InChI=1S/C13H16Cl2N2O/c1-8-4-2-3-5-17(8)13(18)9-6-10(14)12(15)11(16)7-9/h6-8H,2-5,16H2,1H3. The van der Waals surface area contributed by atoms with E-state index >= 15 is 0 Å². The van der Waals surface area contributed by atoms with Crippen molar-refractivity contribution in [2.75, 3.05) is 12.3 Å². The number of nitrogens with zero attached hydrogens (tertiary/aromatic N) is 1. The number of nitrogen functional groups attached to an aromatic ring is 1. The average molecular weight is 287 g/mol. The van der Waals surface area contributed by atoms with Crippen molar-refractivity contribution in [3.63, 3.8) is 0 Å². The molecular weight excluding hydrogens is 271 g/mol. The molecule has 0 bridgehead atoms. The molecule has 1 aromatic carbocycles. The number of likely N-dealkylation sites (tertiary alicyclic amines) is 1. The summed E-state index contributed by atoms with van der Waals surface area (Å²) in [6.07, 6.45) is 3.27. The third kappa shape index (κ3) is 2.57. The molecule has 2 N–H and O–H groups in total. The lowest BCUT2D eigenvalue weighted by Gasteiger charge is -2.33. The van der Waals surface area contributed by atoms with E-state index in [4.69, 9.17) is 28.9 Å². The summed E-state index contributed by atoms with van der Waals surface area (Å²) < 4.78 is 0. The number of hydrogen-bond donors (Lipinski definition) is 1. The number of benzene rings is 1. The fraction of sp³-hybridized carbons (Fsp3) is 0.462. The molecule has 1 aliphatic rings. The van der Waals surface area contributed by atoms with Crippen LogP contribution in [0.1, 0.15) is 36.5 Å². The lowest BCUT2D eigenvalue weighted by atomic mass is 10.0. The first-order valence-corrected chi connectivity index (χ1v) is 6.82. The van der Waals surface area contributed by atoms with Crippen molar-refractivity contribution in [3.05, 3.63) is 27.7 Å². The Balaban J connectivity index is 2.28. The minimum absolute atomic E-state index is 0.0209. The first kappa shape index (κ1) is 13.5. The maximum Gasteiger partial charge on any atom is 0.254 e. The zero-order valence-electron chi connectivity index (χ0n) is 10.2. The van der Waals surface area contributed by atoms with Crippen molar-refractivity contribution in [1.82, 2.24) is 4.90 Å². The van der Waals surface area contributed by atoms with Crippen LogP contribution in [-0.4, -0.2) is 23.4 Å². The molecule has 0 radical (unpaired) electrons. The van der Waals surface area contributed by atoms with Crippen molar-refractivity contribution in [1.29, 1.82) is 0 Å². The minimum Gasteiger partial charge on any atom is -0.397 e. The lowest BCUT2D eigenvalue weighted by Crippen LogP contribution is -2.42. The quantitative estimate of drug-likeness (QED) is 0.802. The first-order chi connectivity index (χ1) is 8.50. The Hall–Kier alpha value is -0.930. The van der Waals surface area contributed by atoms with Gasteiger partial charge in [0.2, 0.25) is 0 Å². The highest BCUT2D eigenvalue weighted by molar-refractivity contribution is 6.43. The molecule has 1 saturated heterocycles. The second-order valence-corrected chi connectivity index (χ2v) is 5.49. The highest BCUT2D eigenvalue weighted by Gasteiger charge is 2.25. The maximum atomic E-state index is 12.4. The summed E-state index contributed by atoms with van der Waals surface area (Å²) >= 11 is 11.8. The van der Waals surface area contributed by atoms with Crippen molar-refractivity contribution >= 4 is 34.8 Å². The van der Waals surface area contributed by atoms with Crippen molar-refractivity contribution < 1.29 is 4.79 Å². The Labute approximate surface area is 117 Å².